The van der Waals surface area contributed by atoms with Crippen molar-refractivity contribution in [2.24, 2.45) is 5.41 Å². The third kappa shape index (κ3) is 3.90. The minimum absolute atomic E-state index is 0.119. The van der Waals surface area contributed by atoms with Crippen molar-refractivity contribution in [2.45, 2.75) is 30.3 Å². The van der Waals surface area contributed by atoms with Gasteiger partial charge in [0.25, 0.3) is 0 Å². The van der Waals surface area contributed by atoms with Crippen molar-refractivity contribution in [1.82, 2.24) is 4.72 Å². The van der Waals surface area contributed by atoms with Crippen molar-refractivity contribution in [3.63, 3.8) is 0 Å². The quantitative estimate of drug-likeness (QED) is 0.806. The van der Waals surface area contributed by atoms with Gasteiger partial charge in [-0.05, 0) is 36.8 Å². The number of hydrogen-bond donors (Lipinski definition) is 1. The van der Waals surface area contributed by atoms with Crippen LogP contribution in [0.4, 0.5) is 13.2 Å². The van der Waals surface area contributed by atoms with Crippen molar-refractivity contribution in [3.05, 3.63) is 29.8 Å². The highest BCUT2D eigenvalue weighted by atomic mass is 35.5. The first-order chi connectivity index (χ1) is 9.70. The van der Waals surface area contributed by atoms with Crippen LogP contribution in [0, 0.1) is 5.41 Å². The smallest absolute Gasteiger partial charge is 0.211 e. The Kier molecular flexibility index (Phi) is 4.56. The zero-order valence-electron chi connectivity index (χ0n) is 11.1. The molecule has 0 spiro atoms. The third-order valence-corrected chi connectivity index (χ3v) is 5.35. The van der Waals surface area contributed by atoms with Gasteiger partial charge in [-0.15, -0.1) is 11.6 Å². The van der Waals surface area contributed by atoms with E-state index < -0.39 is 26.7 Å². The van der Waals surface area contributed by atoms with Crippen LogP contribution in [0.15, 0.2) is 29.2 Å². The molecule has 3 nitrogen and oxygen atoms in total. The zero-order chi connectivity index (χ0) is 15.7. The predicted molar refractivity (Wildman–Crippen MR) is 73.6 cm³/mol. The predicted octanol–water partition coefficient (Wildman–Crippen LogP) is 3.39. The van der Waals surface area contributed by atoms with Gasteiger partial charge in [0, 0.05) is 12.4 Å². The Balaban J connectivity index is 2.21. The zero-order valence-corrected chi connectivity index (χ0v) is 12.7. The van der Waals surface area contributed by atoms with Crippen LogP contribution in [0.3, 0.4) is 0 Å². The lowest BCUT2D eigenvalue weighted by Gasteiger charge is -2.17. The van der Waals surface area contributed by atoms with Gasteiger partial charge in [-0.1, -0.05) is 12.1 Å². The Morgan fingerprint density at radius 1 is 1.24 bits per heavy atom. The summed E-state index contributed by atoms with van der Waals surface area (Å²) in [4.78, 5) is -0.737. The van der Waals surface area contributed by atoms with Gasteiger partial charge < -0.3 is 0 Å². The molecule has 21 heavy (non-hydrogen) atoms. The van der Waals surface area contributed by atoms with Crippen molar-refractivity contribution in [3.8, 4) is 0 Å². The van der Waals surface area contributed by atoms with Crippen LogP contribution in [-0.2, 0) is 16.2 Å². The molecule has 0 aromatic heterocycles. The molecular weight excluding hydrogens is 327 g/mol. The number of sulfonamides is 1. The molecule has 1 N–H and O–H groups in total. The second-order valence-electron chi connectivity index (χ2n) is 5.26. The summed E-state index contributed by atoms with van der Waals surface area (Å²) in [5.41, 5.74) is -1.35. The summed E-state index contributed by atoms with van der Waals surface area (Å²) in [6, 6.07) is 4.17. The highest BCUT2D eigenvalue weighted by Crippen LogP contribution is 2.48. The van der Waals surface area contributed by atoms with E-state index in [2.05, 4.69) is 4.72 Å². The third-order valence-electron chi connectivity index (χ3n) is 3.70. The lowest BCUT2D eigenvalue weighted by Crippen LogP contribution is -2.32. The second kappa shape index (κ2) is 5.78. The number of halogens is 4. The first-order valence-corrected chi connectivity index (χ1v) is 8.44. The molecule has 2 rings (SSSR count). The molecule has 8 heteroatoms. The maximum atomic E-state index is 12.9. The Bertz CT molecular complexity index is 612. The molecule has 0 aliphatic heterocycles. The van der Waals surface area contributed by atoms with E-state index in [9.17, 15) is 21.6 Å². The molecule has 1 aromatic carbocycles. The molecule has 118 valence electrons. The molecule has 1 aromatic rings. The summed E-state index contributed by atoms with van der Waals surface area (Å²) in [6.07, 6.45) is -2.39. The molecule has 0 unspecified atom stereocenters. The van der Waals surface area contributed by atoms with Gasteiger partial charge in [0.1, 0.15) is 0 Å². The molecule has 0 amide bonds. The second-order valence-corrected chi connectivity index (χ2v) is 7.37. The first-order valence-electron chi connectivity index (χ1n) is 6.42. The monoisotopic (exact) mass is 341 g/mol. The van der Waals surface area contributed by atoms with E-state index in [1.807, 2.05) is 0 Å². The first kappa shape index (κ1) is 16.6. The maximum Gasteiger partial charge on any atom is 0.417 e. The van der Waals surface area contributed by atoms with Crippen LogP contribution < -0.4 is 4.72 Å². The average molecular weight is 342 g/mol. The summed E-state index contributed by atoms with van der Waals surface area (Å²) in [6.45, 7) is 0.119. The van der Waals surface area contributed by atoms with Crippen LogP contribution >= 0.6 is 11.6 Å². The van der Waals surface area contributed by atoms with Crippen molar-refractivity contribution < 1.29 is 21.6 Å². The van der Waals surface area contributed by atoms with E-state index in [0.29, 0.717) is 12.3 Å². The molecule has 0 radical (unpaired) electrons. The lowest BCUT2D eigenvalue weighted by molar-refractivity contribution is -0.139. The summed E-state index contributed by atoms with van der Waals surface area (Å²) in [5, 5.41) is 0. The number of hydrogen-bond acceptors (Lipinski definition) is 2. The van der Waals surface area contributed by atoms with Gasteiger partial charge in [-0.25, -0.2) is 13.1 Å². The van der Waals surface area contributed by atoms with Gasteiger partial charge in [-0.2, -0.15) is 13.2 Å². The van der Waals surface area contributed by atoms with Crippen molar-refractivity contribution in [2.75, 3.05) is 12.4 Å². The highest BCUT2D eigenvalue weighted by molar-refractivity contribution is 7.89. The molecule has 0 heterocycles. The van der Waals surface area contributed by atoms with Gasteiger partial charge >= 0.3 is 6.18 Å². The Morgan fingerprint density at radius 2 is 1.86 bits per heavy atom. The van der Waals surface area contributed by atoms with E-state index in [0.717, 1.165) is 31.0 Å². The fourth-order valence-corrected chi connectivity index (χ4v) is 3.94. The van der Waals surface area contributed by atoms with Gasteiger partial charge in [-0.3, -0.25) is 0 Å². The Morgan fingerprint density at radius 3 is 2.38 bits per heavy atom. The summed E-state index contributed by atoms with van der Waals surface area (Å²) < 4.78 is 65.2. The molecule has 0 bridgehead atoms. The van der Waals surface area contributed by atoms with E-state index in [1.54, 1.807) is 0 Å². The van der Waals surface area contributed by atoms with E-state index in [1.165, 1.54) is 6.07 Å². The highest BCUT2D eigenvalue weighted by Gasteiger charge is 2.43. The standard InChI is InChI=1S/C13H15ClF3NO2S/c14-8-7-12(5-6-12)9-18-21(19,20)11-4-2-1-3-10(11)13(15,16)17/h1-4,18H,5-9H2. The molecule has 1 saturated carbocycles. The number of rotatable bonds is 6. The molecule has 1 aliphatic carbocycles. The number of nitrogens with one attached hydrogen (secondary N) is 1. The maximum absolute atomic E-state index is 12.9. The number of alkyl halides is 4. The molecule has 0 saturated heterocycles. The molecule has 0 atom stereocenters. The van der Waals surface area contributed by atoms with Crippen molar-refractivity contribution in [1.29, 1.82) is 0 Å². The van der Waals surface area contributed by atoms with E-state index >= 15 is 0 Å². The minimum atomic E-state index is -4.71. The summed E-state index contributed by atoms with van der Waals surface area (Å²) >= 11 is 5.65. The van der Waals surface area contributed by atoms with Crippen LogP contribution in [0.2, 0.25) is 0 Å². The minimum Gasteiger partial charge on any atom is -0.211 e. The van der Waals surface area contributed by atoms with Gasteiger partial charge in [0.2, 0.25) is 10.0 Å². The van der Waals surface area contributed by atoms with Crippen LogP contribution in [0.1, 0.15) is 24.8 Å². The molecular formula is C13H15ClF3NO2S. The van der Waals surface area contributed by atoms with Crippen LogP contribution in [-0.4, -0.2) is 20.8 Å². The van der Waals surface area contributed by atoms with Crippen molar-refractivity contribution >= 4 is 21.6 Å². The van der Waals surface area contributed by atoms with Crippen LogP contribution in [0.5, 0.6) is 0 Å². The largest absolute Gasteiger partial charge is 0.417 e. The molecule has 1 fully saturated rings. The summed E-state index contributed by atoms with van der Waals surface area (Å²) in [7, 11) is -4.20. The normalized spacial score (nSPS) is 17.7. The number of benzene rings is 1. The SMILES string of the molecule is O=S(=O)(NCC1(CCCl)CC1)c1ccccc1C(F)(F)F. The molecule has 1 aliphatic rings. The summed E-state index contributed by atoms with van der Waals surface area (Å²) in [5.74, 6) is 0.404. The Labute approximate surface area is 126 Å². The fraction of sp³-hybridized carbons (Fsp3) is 0.538. The Hall–Kier alpha value is -0.790. The topological polar surface area (TPSA) is 46.2 Å². The van der Waals surface area contributed by atoms with E-state index in [-0.39, 0.29) is 12.0 Å². The van der Waals surface area contributed by atoms with Gasteiger partial charge in [0.05, 0.1) is 10.5 Å². The van der Waals surface area contributed by atoms with Gasteiger partial charge in [0.15, 0.2) is 0 Å². The fourth-order valence-electron chi connectivity index (χ4n) is 2.15. The average Bonchev–Trinajstić information content (AvgIpc) is 3.17. The van der Waals surface area contributed by atoms with Crippen LogP contribution in [0.25, 0.3) is 0 Å². The lowest BCUT2D eigenvalue weighted by atomic mass is 10.1. The van der Waals surface area contributed by atoms with E-state index in [4.69, 9.17) is 11.6 Å².